The molecule has 0 aliphatic heterocycles. The van der Waals surface area contributed by atoms with Crippen molar-refractivity contribution in [3.63, 3.8) is 0 Å². The zero-order valence-corrected chi connectivity index (χ0v) is 12.4. The van der Waals surface area contributed by atoms with Gasteiger partial charge in [0, 0.05) is 17.7 Å². The van der Waals surface area contributed by atoms with Gasteiger partial charge >= 0.3 is 5.97 Å². The number of fused-ring (bicyclic) bond motifs is 1. The lowest BCUT2D eigenvalue weighted by molar-refractivity contribution is 0.0276. The molecule has 0 amide bonds. The summed E-state index contributed by atoms with van der Waals surface area (Å²) in [5, 5.41) is 0.787. The van der Waals surface area contributed by atoms with Crippen molar-refractivity contribution in [3.05, 3.63) is 30.0 Å². The number of hydrogen-bond acceptors (Lipinski definition) is 5. The fraction of sp³-hybridized carbons (Fsp3) is 0.438. The molecule has 0 saturated heterocycles. The second kappa shape index (κ2) is 7.13. The highest BCUT2D eigenvalue weighted by Crippen LogP contribution is 2.22. The van der Waals surface area contributed by atoms with Crippen LogP contribution in [0.1, 0.15) is 30.8 Å². The van der Waals surface area contributed by atoms with E-state index in [1.807, 2.05) is 0 Å². The lowest BCUT2D eigenvalue weighted by Gasteiger charge is -2.06. The molecule has 0 aliphatic rings. The maximum atomic E-state index is 11.8. The smallest absolute Gasteiger partial charge is 0.374 e. The monoisotopic (exact) mass is 291 g/mol. The molecule has 21 heavy (non-hydrogen) atoms. The number of carbonyl (C=O) groups is 1. The molecule has 0 saturated carbocycles. The average molecular weight is 291 g/mol. The number of anilines is 1. The Kier molecular flexibility index (Phi) is 5.22. The van der Waals surface area contributed by atoms with Crippen LogP contribution in [0.15, 0.2) is 28.7 Å². The first kappa shape index (κ1) is 15.4. The molecule has 114 valence electrons. The fourth-order valence-corrected chi connectivity index (χ4v) is 1.85. The van der Waals surface area contributed by atoms with E-state index in [0.29, 0.717) is 30.4 Å². The molecule has 2 N–H and O–H groups in total. The molecule has 5 heteroatoms. The van der Waals surface area contributed by atoms with Gasteiger partial charge in [-0.1, -0.05) is 13.8 Å². The molecule has 2 rings (SSSR count). The number of nitrogens with two attached hydrogens (primary N) is 1. The molecule has 0 bridgehead atoms. The van der Waals surface area contributed by atoms with Crippen molar-refractivity contribution >= 4 is 22.6 Å². The lowest BCUT2D eigenvalue weighted by Crippen LogP contribution is -2.11. The number of furan rings is 1. The zero-order chi connectivity index (χ0) is 15.2. The lowest BCUT2D eigenvalue weighted by atomic mass is 10.1. The standard InChI is InChI=1S/C16H21NO4/c1-11(2)5-6-19-7-8-20-16(18)15-10-12-9-13(17)3-4-14(12)21-15/h3-4,9-11H,5-8,17H2,1-2H3. The second-order valence-corrected chi connectivity index (χ2v) is 5.34. The van der Waals surface area contributed by atoms with Crippen LogP contribution in [0.25, 0.3) is 11.0 Å². The highest BCUT2D eigenvalue weighted by Gasteiger charge is 2.13. The van der Waals surface area contributed by atoms with E-state index in [1.54, 1.807) is 24.3 Å². The van der Waals surface area contributed by atoms with Gasteiger partial charge in [0.15, 0.2) is 0 Å². The maximum Gasteiger partial charge on any atom is 0.374 e. The number of nitrogen functional groups attached to an aromatic ring is 1. The zero-order valence-electron chi connectivity index (χ0n) is 12.4. The predicted octanol–water partition coefficient (Wildman–Crippen LogP) is 3.23. The molecular formula is C16H21NO4. The third-order valence-electron chi connectivity index (χ3n) is 3.04. The van der Waals surface area contributed by atoms with Crippen molar-refractivity contribution in [2.45, 2.75) is 20.3 Å². The highest BCUT2D eigenvalue weighted by atomic mass is 16.6. The van der Waals surface area contributed by atoms with Gasteiger partial charge < -0.3 is 19.6 Å². The number of benzene rings is 1. The minimum Gasteiger partial charge on any atom is -0.457 e. The van der Waals surface area contributed by atoms with Crippen LogP contribution in [-0.4, -0.2) is 25.8 Å². The van der Waals surface area contributed by atoms with Gasteiger partial charge in [-0.2, -0.15) is 0 Å². The largest absolute Gasteiger partial charge is 0.457 e. The normalized spacial score (nSPS) is 11.2. The Morgan fingerprint density at radius 3 is 2.81 bits per heavy atom. The molecule has 1 aromatic carbocycles. The summed E-state index contributed by atoms with van der Waals surface area (Å²) in [6, 6.07) is 6.85. The van der Waals surface area contributed by atoms with Gasteiger partial charge in [-0.3, -0.25) is 0 Å². The van der Waals surface area contributed by atoms with Crippen LogP contribution in [-0.2, 0) is 9.47 Å². The molecular weight excluding hydrogens is 270 g/mol. The van der Waals surface area contributed by atoms with Crippen LogP contribution in [0, 0.1) is 5.92 Å². The van der Waals surface area contributed by atoms with Crippen LogP contribution < -0.4 is 5.73 Å². The summed E-state index contributed by atoms with van der Waals surface area (Å²) in [6.07, 6.45) is 0.999. The summed E-state index contributed by atoms with van der Waals surface area (Å²) >= 11 is 0. The Bertz CT molecular complexity index is 603. The summed E-state index contributed by atoms with van der Waals surface area (Å²) < 4.78 is 15.9. The van der Waals surface area contributed by atoms with E-state index < -0.39 is 5.97 Å². The van der Waals surface area contributed by atoms with Gasteiger partial charge in [0.1, 0.15) is 12.2 Å². The van der Waals surface area contributed by atoms with Crippen LogP contribution >= 0.6 is 0 Å². The predicted molar refractivity (Wildman–Crippen MR) is 81.2 cm³/mol. The topological polar surface area (TPSA) is 74.7 Å². The highest BCUT2D eigenvalue weighted by molar-refractivity contribution is 5.93. The van der Waals surface area contributed by atoms with Gasteiger partial charge in [-0.25, -0.2) is 4.79 Å². The van der Waals surface area contributed by atoms with Crippen molar-refractivity contribution < 1.29 is 18.7 Å². The Hall–Kier alpha value is -2.01. The molecule has 0 atom stereocenters. The summed E-state index contributed by atoms with van der Waals surface area (Å²) in [7, 11) is 0. The van der Waals surface area contributed by atoms with E-state index >= 15 is 0 Å². The Morgan fingerprint density at radius 2 is 2.05 bits per heavy atom. The van der Waals surface area contributed by atoms with Gasteiger partial charge in [-0.15, -0.1) is 0 Å². The van der Waals surface area contributed by atoms with Crippen molar-refractivity contribution in [1.82, 2.24) is 0 Å². The summed E-state index contributed by atoms with van der Waals surface area (Å²) in [5.74, 6) is 0.297. The van der Waals surface area contributed by atoms with Gasteiger partial charge in [0.05, 0.1) is 6.61 Å². The first-order valence-corrected chi connectivity index (χ1v) is 7.10. The number of esters is 1. The molecule has 2 aromatic rings. The Morgan fingerprint density at radius 1 is 1.24 bits per heavy atom. The van der Waals surface area contributed by atoms with Crippen molar-refractivity contribution in [2.24, 2.45) is 5.92 Å². The van der Waals surface area contributed by atoms with E-state index in [1.165, 1.54) is 0 Å². The van der Waals surface area contributed by atoms with Crippen molar-refractivity contribution in [2.75, 3.05) is 25.6 Å². The van der Waals surface area contributed by atoms with E-state index in [9.17, 15) is 4.79 Å². The SMILES string of the molecule is CC(C)CCOCCOC(=O)c1cc2cc(N)ccc2o1. The minimum absolute atomic E-state index is 0.179. The first-order valence-electron chi connectivity index (χ1n) is 7.10. The first-order chi connectivity index (χ1) is 10.1. The Balaban J connectivity index is 1.79. The summed E-state index contributed by atoms with van der Waals surface area (Å²) in [6.45, 7) is 5.57. The summed E-state index contributed by atoms with van der Waals surface area (Å²) in [5.41, 5.74) is 6.92. The third-order valence-corrected chi connectivity index (χ3v) is 3.04. The average Bonchev–Trinajstić information content (AvgIpc) is 2.85. The number of rotatable bonds is 7. The molecule has 1 heterocycles. The summed E-state index contributed by atoms with van der Waals surface area (Å²) in [4.78, 5) is 11.8. The van der Waals surface area contributed by atoms with Gasteiger partial charge in [-0.05, 0) is 36.6 Å². The molecule has 0 radical (unpaired) electrons. The van der Waals surface area contributed by atoms with Crippen LogP contribution in [0.5, 0.6) is 0 Å². The number of carbonyl (C=O) groups excluding carboxylic acids is 1. The minimum atomic E-state index is -0.489. The molecule has 5 nitrogen and oxygen atoms in total. The number of hydrogen-bond donors (Lipinski definition) is 1. The molecule has 1 aromatic heterocycles. The van der Waals surface area contributed by atoms with E-state index in [2.05, 4.69) is 13.8 Å². The maximum absolute atomic E-state index is 11.8. The van der Waals surface area contributed by atoms with Crippen LogP contribution in [0.4, 0.5) is 5.69 Å². The quantitative estimate of drug-likeness (QED) is 0.481. The van der Waals surface area contributed by atoms with Gasteiger partial charge in [0.25, 0.3) is 0 Å². The third kappa shape index (κ3) is 4.49. The van der Waals surface area contributed by atoms with Gasteiger partial charge in [0.2, 0.25) is 5.76 Å². The molecule has 0 unspecified atom stereocenters. The molecule has 0 aliphatic carbocycles. The van der Waals surface area contributed by atoms with E-state index in [0.717, 1.165) is 11.8 Å². The fourth-order valence-electron chi connectivity index (χ4n) is 1.85. The van der Waals surface area contributed by atoms with Crippen molar-refractivity contribution in [1.29, 1.82) is 0 Å². The van der Waals surface area contributed by atoms with Crippen LogP contribution in [0.3, 0.4) is 0 Å². The second-order valence-electron chi connectivity index (χ2n) is 5.34. The Labute approximate surface area is 124 Å². The van der Waals surface area contributed by atoms with E-state index in [-0.39, 0.29) is 12.4 Å². The molecule has 0 fully saturated rings. The van der Waals surface area contributed by atoms with Crippen molar-refractivity contribution in [3.8, 4) is 0 Å². The van der Waals surface area contributed by atoms with E-state index in [4.69, 9.17) is 19.6 Å². The van der Waals surface area contributed by atoms with Crippen LogP contribution in [0.2, 0.25) is 0 Å². The number of ether oxygens (including phenoxy) is 2. The molecule has 0 spiro atoms.